The third-order valence-corrected chi connectivity index (χ3v) is 16.7. The molecule has 5 heteroatoms. The van der Waals surface area contributed by atoms with E-state index in [-0.39, 0.29) is 6.71 Å². The fourth-order valence-electron chi connectivity index (χ4n) is 13.5. The van der Waals surface area contributed by atoms with Gasteiger partial charge < -0.3 is 18.5 Å². The molecule has 0 spiro atoms. The van der Waals surface area contributed by atoms with Crippen molar-refractivity contribution in [2.45, 2.75) is 0 Å². The van der Waals surface area contributed by atoms with Gasteiger partial charge >= 0.3 is 0 Å². The first-order valence-electron chi connectivity index (χ1n) is 26.6. The number of hydrogen-bond donors (Lipinski definition) is 0. The van der Waals surface area contributed by atoms with Gasteiger partial charge in [0.1, 0.15) is 5.58 Å². The zero-order valence-corrected chi connectivity index (χ0v) is 41.7. The molecule has 0 unspecified atom stereocenters. The average Bonchev–Trinajstić information content (AvgIpc) is 4.19. The van der Waals surface area contributed by atoms with E-state index in [1.165, 1.54) is 76.7 Å². The van der Waals surface area contributed by atoms with Gasteiger partial charge in [-0.25, -0.2) is 0 Å². The number of fused-ring (bicyclic) bond motifs is 14. The Labute approximate surface area is 444 Å². The van der Waals surface area contributed by atoms with Crippen LogP contribution in [0.3, 0.4) is 0 Å². The molecule has 0 saturated carbocycles. The van der Waals surface area contributed by atoms with Crippen LogP contribution in [0.1, 0.15) is 0 Å². The zero-order valence-electron chi connectivity index (χ0n) is 41.7. The Morgan fingerprint density at radius 3 is 1.47 bits per heavy atom. The van der Waals surface area contributed by atoms with Crippen molar-refractivity contribution in [3.8, 4) is 55.9 Å². The van der Waals surface area contributed by atoms with E-state index in [1.54, 1.807) is 0 Å². The second-order valence-electron chi connectivity index (χ2n) is 20.7. The molecule has 0 saturated heterocycles. The van der Waals surface area contributed by atoms with Crippen LogP contribution >= 0.6 is 0 Å². The molecule has 2 aliphatic rings. The van der Waals surface area contributed by atoms with E-state index in [0.29, 0.717) is 0 Å². The standard InChI is InChI=1S/C72H44BN3O/c1-3-19-45(20-4-1)47-23-15-25-49(41-47)52-31-17-32-53(50-26-16-24-48(42-50)46-21-5-2-6-22-46)69(52)75-65-40-39-51(74-62-35-11-7-27-54(62)55-28-8-12-36-63(55)74)43-61(65)73-60-34-18-33-58-56-29-9-13-37-64(56)76(70(58)60)71-68(73)66(75)44-59-57-30-10-14-38-67(57)77-72(59)71/h1-44H. The molecule has 0 fully saturated rings. The van der Waals surface area contributed by atoms with Crippen molar-refractivity contribution in [1.29, 1.82) is 0 Å². The van der Waals surface area contributed by atoms with Gasteiger partial charge in [0.15, 0.2) is 5.58 Å². The lowest BCUT2D eigenvalue weighted by Gasteiger charge is -2.42. The third-order valence-electron chi connectivity index (χ3n) is 16.7. The molecule has 0 aliphatic carbocycles. The lowest BCUT2D eigenvalue weighted by Crippen LogP contribution is -2.60. The van der Waals surface area contributed by atoms with Crippen LogP contribution in [0, 0.1) is 0 Å². The molecule has 2 aliphatic heterocycles. The van der Waals surface area contributed by atoms with Gasteiger partial charge in [0.05, 0.1) is 27.9 Å². The Hall–Kier alpha value is -10.1. The maximum Gasteiger partial charge on any atom is 0.252 e. The van der Waals surface area contributed by atoms with Crippen molar-refractivity contribution in [3.63, 3.8) is 0 Å². The SMILES string of the molecule is c1ccc(-c2cccc(-c3cccc(-c4cccc(-c5ccccc5)c4)c3N3c4ccc(-n5c6ccccc6c6ccccc65)cc4B4c5c3cc3c(oc6ccccc63)c5-n3c5ccccc5c5cccc4c53)c2)cc1. The van der Waals surface area contributed by atoms with Crippen molar-refractivity contribution in [3.05, 3.63) is 267 Å². The van der Waals surface area contributed by atoms with Crippen LogP contribution in [0.5, 0.6) is 0 Å². The van der Waals surface area contributed by atoms with Gasteiger partial charge in [0.2, 0.25) is 0 Å². The Bertz CT molecular complexity index is 4790. The summed E-state index contributed by atoms with van der Waals surface area (Å²) >= 11 is 0. The fourth-order valence-corrected chi connectivity index (χ4v) is 13.5. The highest BCUT2D eigenvalue weighted by atomic mass is 16.3. The predicted octanol–water partition coefficient (Wildman–Crippen LogP) is 17.1. The minimum Gasteiger partial charge on any atom is -0.454 e. The maximum absolute atomic E-state index is 7.25. The van der Waals surface area contributed by atoms with Gasteiger partial charge in [0.25, 0.3) is 6.71 Å². The first-order chi connectivity index (χ1) is 38.2. The Kier molecular flexibility index (Phi) is 8.90. The van der Waals surface area contributed by atoms with E-state index in [4.69, 9.17) is 4.42 Å². The molecule has 5 heterocycles. The van der Waals surface area contributed by atoms with Gasteiger partial charge in [-0.05, 0) is 110 Å². The van der Waals surface area contributed by atoms with Crippen molar-refractivity contribution in [2.75, 3.05) is 4.90 Å². The molecule has 0 amide bonds. The van der Waals surface area contributed by atoms with Crippen LogP contribution in [-0.2, 0) is 0 Å². The van der Waals surface area contributed by atoms with Gasteiger partial charge in [-0.1, -0.05) is 206 Å². The van der Waals surface area contributed by atoms with Gasteiger partial charge in [0, 0.05) is 66.0 Å². The maximum atomic E-state index is 7.25. The van der Waals surface area contributed by atoms with Crippen molar-refractivity contribution in [1.82, 2.24) is 9.13 Å². The number of anilines is 3. The molecular weight excluding hydrogens is 934 g/mol. The molecule has 15 aromatic rings. The van der Waals surface area contributed by atoms with Gasteiger partial charge in [-0.15, -0.1) is 0 Å². The Morgan fingerprint density at radius 2 is 0.818 bits per heavy atom. The fraction of sp³-hybridized carbons (Fsp3) is 0. The molecule has 0 N–H and O–H groups in total. The van der Waals surface area contributed by atoms with E-state index in [9.17, 15) is 0 Å². The van der Waals surface area contributed by atoms with Crippen molar-refractivity contribution < 1.29 is 4.42 Å². The molecule has 4 nitrogen and oxygen atoms in total. The number of benzene rings is 12. The topological polar surface area (TPSA) is 26.2 Å². The molecule has 0 bridgehead atoms. The number of para-hydroxylation sites is 6. The van der Waals surface area contributed by atoms with E-state index in [1.807, 2.05) is 0 Å². The first-order valence-corrected chi connectivity index (χ1v) is 26.6. The van der Waals surface area contributed by atoms with Crippen molar-refractivity contribution in [2.24, 2.45) is 0 Å². The first kappa shape index (κ1) is 42.3. The van der Waals surface area contributed by atoms with Gasteiger partial charge in [-0.2, -0.15) is 0 Å². The molecule has 356 valence electrons. The van der Waals surface area contributed by atoms with E-state index in [0.717, 1.165) is 78.1 Å². The summed E-state index contributed by atoms with van der Waals surface area (Å²) in [5.41, 5.74) is 25.1. The minimum atomic E-state index is -0.157. The monoisotopic (exact) mass is 977 g/mol. The summed E-state index contributed by atoms with van der Waals surface area (Å²) in [6.45, 7) is -0.157. The number of nitrogens with zero attached hydrogens (tertiary/aromatic N) is 3. The molecule has 0 radical (unpaired) electrons. The molecule has 12 aromatic carbocycles. The number of furan rings is 1. The number of aromatic nitrogens is 2. The number of hydrogen-bond acceptors (Lipinski definition) is 2. The molecule has 77 heavy (non-hydrogen) atoms. The normalized spacial score (nSPS) is 12.6. The molecule has 3 aromatic heterocycles. The predicted molar refractivity (Wildman–Crippen MR) is 323 cm³/mol. The van der Waals surface area contributed by atoms with Gasteiger partial charge in [-0.3, -0.25) is 0 Å². The summed E-state index contributed by atoms with van der Waals surface area (Å²) < 4.78 is 12.3. The van der Waals surface area contributed by atoms with Crippen LogP contribution in [0.15, 0.2) is 271 Å². The third kappa shape index (κ3) is 6.05. The van der Waals surface area contributed by atoms with Crippen LogP contribution in [-0.4, -0.2) is 15.8 Å². The average molecular weight is 978 g/mol. The van der Waals surface area contributed by atoms with Crippen LogP contribution < -0.4 is 21.3 Å². The lowest BCUT2D eigenvalue weighted by atomic mass is 9.33. The lowest BCUT2D eigenvalue weighted by molar-refractivity contribution is 0.667. The van der Waals surface area contributed by atoms with E-state index >= 15 is 0 Å². The second kappa shape index (κ2) is 16.2. The highest BCUT2D eigenvalue weighted by molar-refractivity contribution is 7.00. The minimum absolute atomic E-state index is 0.157. The highest BCUT2D eigenvalue weighted by Gasteiger charge is 2.45. The summed E-state index contributed by atoms with van der Waals surface area (Å²) in [6.07, 6.45) is 0. The molecule has 0 atom stereocenters. The summed E-state index contributed by atoms with van der Waals surface area (Å²) in [5, 5.41) is 7.13. The summed E-state index contributed by atoms with van der Waals surface area (Å²) in [6, 6.07) is 98.5. The van der Waals surface area contributed by atoms with E-state index < -0.39 is 0 Å². The second-order valence-corrected chi connectivity index (χ2v) is 20.7. The quantitative estimate of drug-likeness (QED) is 0.155. The number of rotatable bonds is 6. The van der Waals surface area contributed by atoms with Crippen LogP contribution in [0.2, 0.25) is 0 Å². The summed E-state index contributed by atoms with van der Waals surface area (Å²) in [5.74, 6) is 0. The summed E-state index contributed by atoms with van der Waals surface area (Å²) in [4.78, 5) is 2.63. The van der Waals surface area contributed by atoms with Crippen LogP contribution in [0.4, 0.5) is 17.1 Å². The molecule has 17 rings (SSSR count). The zero-order chi connectivity index (χ0) is 50.3. The van der Waals surface area contributed by atoms with Crippen LogP contribution in [0.25, 0.3) is 121 Å². The largest absolute Gasteiger partial charge is 0.454 e. The Morgan fingerprint density at radius 1 is 0.312 bits per heavy atom. The molecular formula is C72H44BN3O. The highest BCUT2D eigenvalue weighted by Crippen LogP contribution is 2.52. The summed E-state index contributed by atoms with van der Waals surface area (Å²) in [7, 11) is 0. The smallest absolute Gasteiger partial charge is 0.252 e. The van der Waals surface area contributed by atoms with E-state index in [2.05, 4.69) is 281 Å². The Balaban J connectivity index is 1.04. The van der Waals surface area contributed by atoms with Crippen molar-refractivity contribution >= 4 is 106 Å².